The van der Waals surface area contributed by atoms with Crippen LogP contribution in [0, 0.1) is 11.3 Å². The lowest BCUT2D eigenvalue weighted by atomic mass is 9.61. The van der Waals surface area contributed by atoms with Gasteiger partial charge in [0.05, 0.1) is 48.1 Å². The highest BCUT2D eigenvalue weighted by molar-refractivity contribution is 6.31. The summed E-state index contributed by atoms with van der Waals surface area (Å²) < 4.78 is 5.68. The molecular formula is C26H25ClN2O7. The Labute approximate surface area is 212 Å². The summed E-state index contributed by atoms with van der Waals surface area (Å²) in [6.07, 6.45) is 0. The topological polar surface area (TPSA) is 134 Å². The molecule has 0 fully saturated rings. The van der Waals surface area contributed by atoms with Crippen LogP contribution in [0.3, 0.4) is 0 Å². The third kappa shape index (κ3) is 4.18. The Balaban J connectivity index is 1.55. The number of carboxylic acid groups (broad SMARTS) is 2. The van der Waals surface area contributed by atoms with Gasteiger partial charge in [-0.1, -0.05) is 41.9 Å². The smallest absolute Gasteiger partial charge is 0.312 e. The van der Waals surface area contributed by atoms with Crippen LogP contribution >= 0.6 is 11.6 Å². The summed E-state index contributed by atoms with van der Waals surface area (Å²) >= 11 is 6.39. The molecule has 4 atom stereocenters. The number of nitrogens with zero attached hydrogens (tertiary/aromatic N) is 2. The van der Waals surface area contributed by atoms with Gasteiger partial charge in [0.1, 0.15) is 5.92 Å². The minimum absolute atomic E-state index is 0.0201. The van der Waals surface area contributed by atoms with Gasteiger partial charge in [-0.3, -0.25) is 29.1 Å². The number of carboxylic acids is 2. The largest absolute Gasteiger partial charge is 0.481 e. The number of amides is 2. The predicted molar refractivity (Wildman–Crippen MR) is 131 cm³/mol. The van der Waals surface area contributed by atoms with Crippen molar-refractivity contribution in [2.75, 3.05) is 19.8 Å². The van der Waals surface area contributed by atoms with Crippen LogP contribution in [0.2, 0.25) is 5.02 Å². The number of aliphatic imine (C=N–C) groups is 1. The van der Waals surface area contributed by atoms with Gasteiger partial charge in [-0.2, -0.15) is 0 Å². The fourth-order valence-corrected chi connectivity index (χ4v) is 5.24. The van der Waals surface area contributed by atoms with Gasteiger partial charge in [0.2, 0.25) is 0 Å². The van der Waals surface area contributed by atoms with Crippen molar-refractivity contribution < 1.29 is 34.1 Å². The number of halogens is 1. The molecule has 2 aliphatic heterocycles. The van der Waals surface area contributed by atoms with Gasteiger partial charge in [-0.25, -0.2) is 0 Å². The maximum Gasteiger partial charge on any atom is 0.312 e. The first-order chi connectivity index (χ1) is 17.1. The van der Waals surface area contributed by atoms with E-state index in [1.54, 1.807) is 55.5 Å². The average molecular weight is 513 g/mol. The molecule has 0 saturated carbocycles. The minimum atomic E-state index is -1.54. The third-order valence-corrected chi connectivity index (χ3v) is 7.46. The van der Waals surface area contributed by atoms with Gasteiger partial charge in [-0.15, -0.1) is 0 Å². The van der Waals surface area contributed by atoms with Crippen molar-refractivity contribution in [3.05, 3.63) is 70.2 Å². The van der Waals surface area contributed by atoms with Crippen LogP contribution in [-0.4, -0.2) is 70.4 Å². The first-order valence-corrected chi connectivity index (χ1v) is 11.8. The molecule has 0 radical (unpaired) electrons. The highest BCUT2D eigenvalue weighted by Crippen LogP contribution is 2.50. The van der Waals surface area contributed by atoms with Crippen molar-refractivity contribution in [3.63, 3.8) is 0 Å². The molecule has 188 valence electrons. The number of aliphatic carboxylic acids is 2. The van der Waals surface area contributed by atoms with Crippen LogP contribution < -0.4 is 0 Å². The maximum atomic E-state index is 12.5. The van der Waals surface area contributed by atoms with Crippen molar-refractivity contribution in [2.45, 2.75) is 25.8 Å². The molecule has 10 heteroatoms. The fourth-order valence-electron chi connectivity index (χ4n) is 4.99. The second-order valence-electron chi connectivity index (χ2n) is 9.06. The second-order valence-corrected chi connectivity index (χ2v) is 9.47. The van der Waals surface area contributed by atoms with Crippen LogP contribution in [0.4, 0.5) is 0 Å². The van der Waals surface area contributed by atoms with E-state index in [2.05, 4.69) is 4.99 Å². The number of benzene rings is 2. The normalized spacial score (nSPS) is 25.5. The van der Waals surface area contributed by atoms with Crippen molar-refractivity contribution >= 4 is 41.1 Å². The lowest BCUT2D eigenvalue weighted by molar-refractivity contribution is -0.154. The van der Waals surface area contributed by atoms with Gasteiger partial charge >= 0.3 is 11.9 Å². The molecule has 2 amide bonds. The molecule has 2 N–H and O–H groups in total. The Hall–Kier alpha value is -3.56. The van der Waals surface area contributed by atoms with Crippen LogP contribution in [0.1, 0.15) is 46.0 Å². The fraction of sp³-hybridized carbons (Fsp3) is 0.346. The molecule has 0 saturated heterocycles. The number of hydrogen-bond acceptors (Lipinski definition) is 6. The molecule has 2 aromatic rings. The molecule has 0 aliphatic carbocycles. The van der Waals surface area contributed by atoms with Gasteiger partial charge < -0.3 is 14.9 Å². The first-order valence-electron chi connectivity index (χ1n) is 11.4. The number of imide groups is 1. The quantitative estimate of drug-likeness (QED) is 0.409. The number of carbonyl (C=O) groups excluding carboxylic acids is 2. The lowest BCUT2D eigenvalue weighted by Gasteiger charge is -2.44. The van der Waals surface area contributed by atoms with E-state index in [0.29, 0.717) is 16.7 Å². The van der Waals surface area contributed by atoms with Crippen LogP contribution in [0.25, 0.3) is 0 Å². The summed E-state index contributed by atoms with van der Waals surface area (Å²) in [6, 6.07) is 12.3. The summed E-state index contributed by atoms with van der Waals surface area (Å²) in [7, 11) is 0. The summed E-state index contributed by atoms with van der Waals surface area (Å²) in [4.78, 5) is 55.5. The summed E-state index contributed by atoms with van der Waals surface area (Å²) in [6.45, 7) is 2.83. The summed E-state index contributed by atoms with van der Waals surface area (Å²) in [5.41, 5.74) is -0.316. The summed E-state index contributed by atoms with van der Waals surface area (Å²) in [5, 5.41) is 20.6. The monoisotopic (exact) mass is 512 g/mol. The predicted octanol–water partition coefficient (Wildman–Crippen LogP) is 3.37. The highest BCUT2D eigenvalue weighted by atomic mass is 35.5. The van der Waals surface area contributed by atoms with E-state index in [0.717, 1.165) is 4.90 Å². The number of carbonyl (C=O) groups is 4. The molecule has 2 heterocycles. The van der Waals surface area contributed by atoms with Gasteiger partial charge in [0, 0.05) is 10.9 Å². The highest BCUT2D eigenvalue weighted by Gasteiger charge is 2.56. The molecule has 9 nitrogen and oxygen atoms in total. The van der Waals surface area contributed by atoms with E-state index >= 15 is 0 Å². The van der Waals surface area contributed by atoms with Crippen molar-refractivity contribution in [2.24, 2.45) is 16.3 Å². The first kappa shape index (κ1) is 25.5. The van der Waals surface area contributed by atoms with E-state index in [1.807, 2.05) is 0 Å². The van der Waals surface area contributed by atoms with Gasteiger partial charge in [0.15, 0.2) is 0 Å². The zero-order chi connectivity index (χ0) is 26.2. The van der Waals surface area contributed by atoms with E-state index < -0.39 is 47.0 Å². The van der Waals surface area contributed by atoms with Crippen molar-refractivity contribution in [1.82, 2.24) is 4.90 Å². The third-order valence-electron chi connectivity index (χ3n) is 7.12. The molecule has 2 aliphatic rings. The molecular weight excluding hydrogens is 488 g/mol. The number of fused-ring (bicyclic) bond motifs is 1. The molecule has 0 spiro atoms. The van der Waals surface area contributed by atoms with Crippen LogP contribution in [-0.2, 0) is 14.3 Å². The zero-order valence-corrected chi connectivity index (χ0v) is 20.4. The van der Waals surface area contributed by atoms with Crippen molar-refractivity contribution in [3.8, 4) is 0 Å². The molecule has 4 unspecified atom stereocenters. The second kappa shape index (κ2) is 9.83. The standard InChI is InChI=1S/C26H25ClN2O7/c1-14-26(2,25(34)35)21(17-9-5-6-10-18(17)27)20(24(32)33)19(28-14)13-36-12-11-29-22(30)15-7-3-4-8-16(15)23(29)31/h3-10,14,20-21H,11-13H2,1-2H3,(H,32,33)(H,34,35). The van der Waals surface area contributed by atoms with Crippen LogP contribution in [0.15, 0.2) is 53.5 Å². The minimum Gasteiger partial charge on any atom is -0.481 e. The molecule has 0 bridgehead atoms. The van der Waals surface area contributed by atoms with Gasteiger partial charge in [-0.05, 0) is 37.6 Å². The Kier molecular flexibility index (Phi) is 6.97. The zero-order valence-electron chi connectivity index (χ0n) is 19.7. The Morgan fingerprint density at radius 2 is 1.64 bits per heavy atom. The molecule has 0 aromatic heterocycles. The Morgan fingerprint density at radius 3 is 2.19 bits per heavy atom. The average Bonchev–Trinajstić information content (AvgIpc) is 3.08. The molecule has 4 rings (SSSR count). The number of hydrogen-bond donors (Lipinski definition) is 2. The number of ether oxygens (including phenoxy) is 1. The van der Waals surface area contributed by atoms with E-state index in [1.165, 1.54) is 6.92 Å². The summed E-state index contributed by atoms with van der Waals surface area (Å²) in [5.74, 6) is -5.57. The Morgan fingerprint density at radius 1 is 1.06 bits per heavy atom. The molecule has 36 heavy (non-hydrogen) atoms. The van der Waals surface area contributed by atoms with E-state index in [4.69, 9.17) is 16.3 Å². The van der Waals surface area contributed by atoms with Crippen LogP contribution in [0.5, 0.6) is 0 Å². The molecule has 2 aromatic carbocycles. The van der Waals surface area contributed by atoms with E-state index in [9.17, 15) is 29.4 Å². The lowest BCUT2D eigenvalue weighted by Crippen LogP contribution is -2.53. The van der Waals surface area contributed by atoms with E-state index in [-0.39, 0.29) is 30.5 Å². The SMILES string of the molecule is CC1N=C(COCCN2C(=O)c3ccccc3C2=O)C(C(=O)O)C(c2ccccc2Cl)C1(C)C(=O)O. The van der Waals surface area contributed by atoms with Gasteiger partial charge in [0.25, 0.3) is 11.8 Å². The number of rotatable bonds is 8. The Bertz CT molecular complexity index is 1240. The van der Waals surface area contributed by atoms with Crippen molar-refractivity contribution in [1.29, 1.82) is 0 Å². The maximum absolute atomic E-state index is 12.5.